The molecule has 0 saturated carbocycles. The number of aromatic nitrogens is 1. The van der Waals surface area contributed by atoms with E-state index < -0.39 is 0 Å². The molecule has 0 radical (unpaired) electrons. The Labute approximate surface area is 206 Å². The number of allylic oxidation sites excluding steroid dienone is 2. The Hall–Kier alpha value is -4.01. The van der Waals surface area contributed by atoms with Gasteiger partial charge in [0.15, 0.2) is 5.82 Å². The molecule has 1 aromatic carbocycles. The first-order chi connectivity index (χ1) is 17.0. The summed E-state index contributed by atoms with van der Waals surface area (Å²) in [6.07, 6.45) is 7.51. The van der Waals surface area contributed by atoms with Crippen molar-refractivity contribution in [2.24, 2.45) is 15.0 Å². The number of hydrogen-bond acceptors (Lipinski definition) is 8. The normalized spacial score (nSPS) is 16.1. The van der Waals surface area contributed by atoms with Crippen LogP contribution < -0.4 is 19.7 Å². The number of methoxy groups -OCH3 is 2. The van der Waals surface area contributed by atoms with Crippen molar-refractivity contribution in [3.63, 3.8) is 0 Å². The fraction of sp³-hybridized carbons (Fsp3) is 0.346. The summed E-state index contributed by atoms with van der Waals surface area (Å²) in [5, 5.41) is 3.03. The zero-order valence-corrected chi connectivity index (χ0v) is 20.7. The van der Waals surface area contributed by atoms with Crippen LogP contribution in [0.3, 0.4) is 0 Å². The highest BCUT2D eigenvalue weighted by Crippen LogP contribution is 2.35. The van der Waals surface area contributed by atoms with Crippen molar-refractivity contribution in [3.8, 4) is 11.5 Å². The summed E-state index contributed by atoms with van der Waals surface area (Å²) in [6.45, 7) is 6.18. The van der Waals surface area contributed by atoms with E-state index in [0.717, 1.165) is 17.7 Å². The van der Waals surface area contributed by atoms with Crippen molar-refractivity contribution in [1.82, 2.24) is 10.3 Å². The number of nitrogens with zero attached hydrogens (tertiary/aromatic N) is 5. The summed E-state index contributed by atoms with van der Waals surface area (Å²) >= 11 is 0. The fourth-order valence-corrected chi connectivity index (χ4v) is 3.77. The van der Waals surface area contributed by atoms with Gasteiger partial charge in [0.25, 0.3) is 0 Å². The lowest BCUT2D eigenvalue weighted by atomic mass is 10.1. The van der Waals surface area contributed by atoms with E-state index in [9.17, 15) is 4.79 Å². The molecule has 3 rings (SSSR count). The molecule has 2 aromatic rings. The van der Waals surface area contributed by atoms with Crippen molar-refractivity contribution in [1.29, 1.82) is 0 Å². The molecule has 1 N–H and O–H groups in total. The average molecular weight is 477 g/mol. The maximum Gasteiger partial charge on any atom is 0.220 e. The minimum atomic E-state index is -0.0150. The summed E-state index contributed by atoms with van der Waals surface area (Å²) in [5.74, 6) is 2.42. The van der Waals surface area contributed by atoms with Gasteiger partial charge >= 0.3 is 0 Å². The third kappa shape index (κ3) is 6.75. The van der Waals surface area contributed by atoms with E-state index in [0.29, 0.717) is 48.2 Å². The van der Waals surface area contributed by atoms with Crippen LogP contribution in [0.1, 0.15) is 26.2 Å². The van der Waals surface area contributed by atoms with E-state index in [4.69, 9.17) is 14.5 Å². The molecular formula is C26H32N6O3. The Morgan fingerprint density at radius 1 is 1.26 bits per heavy atom. The molecule has 0 spiro atoms. The van der Waals surface area contributed by atoms with Crippen molar-refractivity contribution < 1.29 is 14.3 Å². The molecule has 1 saturated heterocycles. The molecule has 2 heterocycles. The van der Waals surface area contributed by atoms with Gasteiger partial charge < -0.3 is 19.7 Å². The van der Waals surface area contributed by atoms with Crippen LogP contribution in [0.25, 0.3) is 0 Å². The van der Waals surface area contributed by atoms with Crippen LogP contribution in [-0.2, 0) is 4.79 Å². The predicted molar refractivity (Wildman–Crippen MR) is 142 cm³/mol. The molecule has 0 bridgehead atoms. The fourth-order valence-electron chi connectivity index (χ4n) is 3.77. The van der Waals surface area contributed by atoms with Gasteiger partial charge in [-0.1, -0.05) is 6.08 Å². The molecule has 9 nitrogen and oxygen atoms in total. The maximum absolute atomic E-state index is 11.8. The zero-order valence-electron chi connectivity index (χ0n) is 20.7. The Bertz CT molecular complexity index is 1120. The highest BCUT2D eigenvalue weighted by molar-refractivity contribution is 5.85. The number of benzene rings is 1. The van der Waals surface area contributed by atoms with Crippen LogP contribution in [0.5, 0.6) is 11.5 Å². The standard InChI is InChI=1S/C26H32N6O3/c1-6-18(16-27-2)11-12-29-23-8-9-24(31-26(23)28-3)32(17-19-7-10-25(33)30-19)20-13-21(34-4)15-22(14-20)35-5/h6,8-9,12-16,19H,3,7,10-11,17H2,1-2,4-5H3,(H,30,33)/b18-6-,27-16?,29-12?. The van der Waals surface area contributed by atoms with Crippen LogP contribution in [0.15, 0.2) is 57.0 Å². The smallest absolute Gasteiger partial charge is 0.220 e. The molecule has 0 aliphatic carbocycles. The summed E-state index contributed by atoms with van der Waals surface area (Å²) < 4.78 is 10.9. The van der Waals surface area contributed by atoms with Gasteiger partial charge in [0.2, 0.25) is 5.91 Å². The van der Waals surface area contributed by atoms with Crippen molar-refractivity contribution >= 4 is 48.1 Å². The summed E-state index contributed by atoms with van der Waals surface area (Å²) in [4.78, 5) is 31.3. The van der Waals surface area contributed by atoms with Gasteiger partial charge in [-0.2, -0.15) is 0 Å². The number of anilines is 2. The number of pyridine rings is 1. The minimum absolute atomic E-state index is 0.0150. The monoisotopic (exact) mass is 476 g/mol. The van der Waals surface area contributed by atoms with E-state index in [1.54, 1.807) is 27.5 Å². The highest BCUT2D eigenvalue weighted by Gasteiger charge is 2.25. The Morgan fingerprint density at radius 3 is 2.57 bits per heavy atom. The van der Waals surface area contributed by atoms with E-state index in [1.165, 1.54) is 0 Å². The zero-order chi connectivity index (χ0) is 25.2. The molecule has 1 aliphatic rings. The van der Waals surface area contributed by atoms with E-state index >= 15 is 0 Å². The first kappa shape index (κ1) is 25.6. The van der Waals surface area contributed by atoms with E-state index in [2.05, 4.69) is 27.0 Å². The summed E-state index contributed by atoms with van der Waals surface area (Å²) in [6, 6.07) is 9.35. The lowest BCUT2D eigenvalue weighted by Crippen LogP contribution is -2.36. The lowest BCUT2D eigenvalue weighted by molar-refractivity contribution is -0.119. The molecule has 1 amide bonds. The Balaban J connectivity index is 1.97. The van der Waals surface area contributed by atoms with Gasteiger partial charge in [0.1, 0.15) is 23.0 Å². The van der Waals surface area contributed by atoms with Crippen LogP contribution in [-0.4, -0.2) is 63.9 Å². The van der Waals surface area contributed by atoms with Gasteiger partial charge in [0, 0.05) is 68.8 Å². The second-order valence-electron chi connectivity index (χ2n) is 7.92. The molecule has 35 heavy (non-hydrogen) atoms. The Kier molecular flexibility index (Phi) is 9.11. The molecule has 9 heteroatoms. The van der Waals surface area contributed by atoms with Crippen molar-refractivity contribution in [2.45, 2.75) is 32.2 Å². The molecule has 1 unspecified atom stereocenters. The van der Waals surface area contributed by atoms with Gasteiger partial charge in [0.05, 0.1) is 14.2 Å². The number of amides is 1. The topological polar surface area (TPSA) is 101 Å². The van der Waals surface area contributed by atoms with Crippen LogP contribution in [0.4, 0.5) is 23.0 Å². The van der Waals surface area contributed by atoms with Crippen molar-refractivity contribution in [2.75, 3.05) is 32.7 Å². The number of aliphatic imine (C=N–C) groups is 3. The number of ether oxygens (including phenoxy) is 2. The highest BCUT2D eigenvalue weighted by atomic mass is 16.5. The third-order valence-electron chi connectivity index (χ3n) is 5.63. The maximum atomic E-state index is 11.8. The average Bonchev–Trinajstić information content (AvgIpc) is 3.30. The Morgan fingerprint density at radius 2 is 2.00 bits per heavy atom. The largest absolute Gasteiger partial charge is 0.497 e. The summed E-state index contributed by atoms with van der Waals surface area (Å²) in [7, 11) is 4.95. The van der Waals surface area contributed by atoms with E-state index in [-0.39, 0.29) is 11.9 Å². The predicted octanol–water partition coefficient (Wildman–Crippen LogP) is 4.59. The number of nitrogens with one attached hydrogen (secondary N) is 1. The second kappa shape index (κ2) is 12.5. The summed E-state index contributed by atoms with van der Waals surface area (Å²) in [5.41, 5.74) is 2.49. The molecule has 1 aliphatic heterocycles. The third-order valence-corrected chi connectivity index (χ3v) is 5.63. The van der Waals surface area contributed by atoms with Gasteiger partial charge in [-0.05, 0) is 37.8 Å². The molecule has 184 valence electrons. The quantitative estimate of drug-likeness (QED) is 0.478. The SMILES string of the molecule is C=Nc1nc(N(CC2CCC(=O)N2)c2cc(OC)cc(OC)c2)ccc1N=CC/C(C=NC)=C/C. The second-order valence-corrected chi connectivity index (χ2v) is 7.92. The first-order valence-corrected chi connectivity index (χ1v) is 11.4. The molecular weight excluding hydrogens is 444 g/mol. The van der Waals surface area contributed by atoms with Gasteiger partial charge in [-0.25, -0.2) is 9.98 Å². The van der Waals surface area contributed by atoms with Crippen molar-refractivity contribution in [3.05, 3.63) is 42.0 Å². The van der Waals surface area contributed by atoms with Gasteiger partial charge in [-0.15, -0.1) is 0 Å². The van der Waals surface area contributed by atoms with E-state index in [1.807, 2.05) is 54.4 Å². The van der Waals surface area contributed by atoms with Crippen LogP contribution in [0, 0.1) is 0 Å². The number of carbonyl (C=O) groups is 1. The lowest BCUT2D eigenvalue weighted by Gasteiger charge is -2.28. The van der Waals surface area contributed by atoms with Crippen LogP contribution >= 0.6 is 0 Å². The number of hydrogen-bond donors (Lipinski definition) is 1. The van der Waals surface area contributed by atoms with Crippen LogP contribution in [0.2, 0.25) is 0 Å². The number of carbonyl (C=O) groups excluding carboxylic acids is 1. The van der Waals surface area contributed by atoms with Gasteiger partial charge in [-0.3, -0.25) is 14.8 Å². The minimum Gasteiger partial charge on any atom is -0.497 e. The molecule has 1 fully saturated rings. The number of rotatable bonds is 11. The first-order valence-electron chi connectivity index (χ1n) is 11.4. The molecule has 1 atom stereocenters. The molecule has 1 aromatic heterocycles.